The Morgan fingerprint density at radius 1 is 0.938 bits per heavy atom. The van der Waals surface area contributed by atoms with E-state index in [9.17, 15) is 19.1 Å². The number of nitrogens with zero attached hydrogens (tertiary/aromatic N) is 1. The maximum absolute atomic E-state index is 13.2. The van der Waals surface area contributed by atoms with E-state index in [2.05, 4.69) is 4.98 Å². The highest BCUT2D eigenvalue weighted by Crippen LogP contribution is 2.32. The zero-order chi connectivity index (χ0) is 22.7. The number of phenolic OH excluding ortho intramolecular Hbond substituents is 1. The van der Waals surface area contributed by atoms with Gasteiger partial charge >= 0.3 is 5.97 Å². The van der Waals surface area contributed by atoms with Gasteiger partial charge in [-0.1, -0.05) is 42.5 Å². The van der Waals surface area contributed by atoms with Gasteiger partial charge in [0, 0.05) is 11.6 Å². The molecular formula is C26H20FNO4. The van der Waals surface area contributed by atoms with E-state index in [-0.39, 0.29) is 34.8 Å². The first-order valence-electron chi connectivity index (χ1n) is 10.0. The van der Waals surface area contributed by atoms with E-state index in [0.29, 0.717) is 11.8 Å². The van der Waals surface area contributed by atoms with E-state index in [1.54, 1.807) is 24.4 Å². The predicted octanol–water partition coefficient (Wildman–Crippen LogP) is 5.23. The summed E-state index contributed by atoms with van der Waals surface area (Å²) in [5, 5.41) is 10.9. The van der Waals surface area contributed by atoms with Crippen molar-refractivity contribution in [3.8, 4) is 5.75 Å². The van der Waals surface area contributed by atoms with Crippen molar-refractivity contribution in [1.29, 1.82) is 0 Å². The standard InChI is InChI=1S/C26H20FNO4/c1-16(29)21-13-23(26(31)32-15-18-5-3-2-4-6-18)22-12-19(14-28-24(22)25(21)30)11-17-7-9-20(27)10-8-17/h2-10,12-14,30H,11,15H2,1H3. The van der Waals surface area contributed by atoms with Crippen LogP contribution in [0.4, 0.5) is 4.39 Å². The van der Waals surface area contributed by atoms with E-state index in [1.165, 1.54) is 25.1 Å². The molecule has 4 aromatic rings. The van der Waals surface area contributed by atoms with Crippen LogP contribution in [-0.4, -0.2) is 21.8 Å². The summed E-state index contributed by atoms with van der Waals surface area (Å²) in [4.78, 5) is 29.3. The number of aromatic nitrogens is 1. The van der Waals surface area contributed by atoms with Crippen LogP contribution in [0.2, 0.25) is 0 Å². The van der Waals surface area contributed by atoms with Gasteiger partial charge in [0.1, 0.15) is 17.9 Å². The smallest absolute Gasteiger partial charge is 0.339 e. The molecule has 0 radical (unpaired) electrons. The number of rotatable bonds is 6. The monoisotopic (exact) mass is 429 g/mol. The molecule has 0 amide bonds. The Morgan fingerprint density at radius 2 is 1.66 bits per heavy atom. The molecule has 1 N–H and O–H groups in total. The first-order chi connectivity index (χ1) is 15.4. The van der Waals surface area contributed by atoms with Crippen LogP contribution < -0.4 is 0 Å². The van der Waals surface area contributed by atoms with Crippen molar-refractivity contribution in [1.82, 2.24) is 4.98 Å². The van der Waals surface area contributed by atoms with Gasteiger partial charge in [0.15, 0.2) is 11.5 Å². The molecule has 0 spiro atoms. The highest BCUT2D eigenvalue weighted by molar-refractivity contribution is 6.11. The average Bonchev–Trinajstić information content (AvgIpc) is 2.80. The molecule has 1 heterocycles. The van der Waals surface area contributed by atoms with Crippen molar-refractivity contribution in [3.63, 3.8) is 0 Å². The van der Waals surface area contributed by atoms with Crippen LogP contribution in [0.25, 0.3) is 10.9 Å². The van der Waals surface area contributed by atoms with Crippen LogP contribution in [0.1, 0.15) is 44.3 Å². The number of carbonyl (C=O) groups excluding carboxylic acids is 2. The number of fused-ring (bicyclic) bond motifs is 1. The fraction of sp³-hybridized carbons (Fsp3) is 0.115. The summed E-state index contributed by atoms with van der Waals surface area (Å²) in [6, 6.07) is 18.4. The molecule has 1 aromatic heterocycles. The Hall–Kier alpha value is -4.06. The van der Waals surface area contributed by atoms with Crippen molar-refractivity contribution in [2.75, 3.05) is 0 Å². The van der Waals surface area contributed by atoms with Crippen LogP contribution in [0.5, 0.6) is 5.75 Å². The van der Waals surface area contributed by atoms with E-state index in [1.807, 2.05) is 30.3 Å². The van der Waals surface area contributed by atoms with Crippen molar-refractivity contribution in [2.24, 2.45) is 0 Å². The molecule has 160 valence electrons. The summed E-state index contributed by atoms with van der Waals surface area (Å²) >= 11 is 0. The number of hydrogen-bond acceptors (Lipinski definition) is 5. The number of pyridine rings is 1. The minimum Gasteiger partial charge on any atom is -0.505 e. The fourth-order valence-corrected chi connectivity index (χ4v) is 3.49. The number of carbonyl (C=O) groups is 2. The lowest BCUT2D eigenvalue weighted by atomic mass is 9.98. The van der Waals surface area contributed by atoms with Gasteiger partial charge in [-0.3, -0.25) is 9.78 Å². The second-order valence-corrected chi connectivity index (χ2v) is 7.48. The van der Waals surface area contributed by atoms with Gasteiger partial charge in [0.2, 0.25) is 0 Å². The van der Waals surface area contributed by atoms with E-state index >= 15 is 0 Å². The SMILES string of the molecule is CC(=O)c1cc(C(=O)OCc2ccccc2)c2cc(Cc3ccc(F)cc3)cnc2c1O. The van der Waals surface area contributed by atoms with Gasteiger partial charge in [-0.25, -0.2) is 9.18 Å². The molecule has 0 unspecified atom stereocenters. The zero-order valence-electron chi connectivity index (χ0n) is 17.3. The maximum Gasteiger partial charge on any atom is 0.339 e. The van der Waals surface area contributed by atoms with Gasteiger partial charge in [0.25, 0.3) is 0 Å². The second kappa shape index (κ2) is 8.98. The average molecular weight is 429 g/mol. The van der Waals surface area contributed by atoms with Crippen molar-refractivity contribution < 1.29 is 23.8 Å². The maximum atomic E-state index is 13.2. The molecule has 4 rings (SSSR count). The van der Waals surface area contributed by atoms with Crippen LogP contribution in [0.15, 0.2) is 72.9 Å². The molecule has 0 fully saturated rings. The van der Waals surface area contributed by atoms with Crippen molar-refractivity contribution in [3.05, 3.63) is 107 Å². The number of phenols is 1. The normalized spacial score (nSPS) is 10.8. The number of Topliss-reactive ketones (excluding diaryl/α,β-unsaturated/α-hetero) is 1. The molecule has 0 saturated carbocycles. The highest BCUT2D eigenvalue weighted by atomic mass is 19.1. The fourth-order valence-electron chi connectivity index (χ4n) is 3.49. The van der Waals surface area contributed by atoms with Crippen LogP contribution in [-0.2, 0) is 17.8 Å². The Bertz CT molecular complexity index is 1300. The number of hydrogen-bond donors (Lipinski definition) is 1. The zero-order valence-corrected chi connectivity index (χ0v) is 17.3. The number of ether oxygens (including phenoxy) is 1. The lowest BCUT2D eigenvalue weighted by Crippen LogP contribution is -2.09. The highest BCUT2D eigenvalue weighted by Gasteiger charge is 2.21. The molecule has 32 heavy (non-hydrogen) atoms. The number of esters is 1. The molecule has 0 aliphatic rings. The topological polar surface area (TPSA) is 76.5 Å². The summed E-state index contributed by atoms with van der Waals surface area (Å²) in [6.07, 6.45) is 2.02. The van der Waals surface area contributed by atoms with Crippen LogP contribution >= 0.6 is 0 Å². The number of halogens is 1. The molecule has 6 heteroatoms. The molecule has 0 saturated heterocycles. The summed E-state index contributed by atoms with van der Waals surface area (Å²) in [5.41, 5.74) is 2.75. The van der Waals surface area contributed by atoms with E-state index in [4.69, 9.17) is 4.74 Å². The van der Waals surface area contributed by atoms with Gasteiger partial charge in [0.05, 0.1) is 11.1 Å². The Labute approximate surface area is 184 Å². The first-order valence-corrected chi connectivity index (χ1v) is 10.0. The summed E-state index contributed by atoms with van der Waals surface area (Å²) in [7, 11) is 0. The molecule has 0 bridgehead atoms. The summed E-state index contributed by atoms with van der Waals surface area (Å²) in [5.74, 6) is -1.61. The quantitative estimate of drug-likeness (QED) is 0.336. The van der Waals surface area contributed by atoms with Crippen LogP contribution in [0.3, 0.4) is 0 Å². The lowest BCUT2D eigenvalue weighted by molar-refractivity contribution is 0.0475. The molecule has 0 aliphatic heterocycles. The third-order valence-electron chi connectivity index (χ3n) is 5.14. The Morgan fingerprint density at radius 3 is 2.34 bits per heavy atom. The van der Waals surface area contributed by atoms with Gasteiger partial charge in [-0.2, -0.15) is 0 Å². The Balaban J connectivity index is 1.73. The van der Waals surface area contributed by atoms with E-state index < -0.39 is 11.8 Å². The van der Waals surface area contributed by atoms with Gasteiger partial charge < -0.3 is 9.84 Å². The van der Waals surface area contributed by atoms with E-state index in [0.717, 1.165) is 16.7 Å². The third-order valence-corrected chi connectivity index (χ3v) is 5.14. The van der Waals surface area contributed by atoms with Crippen LogP contribution in [0, 0.1) is 5.82 Å². The molecule has 0 atom stereocenters. The lowest BCUT2D eigenvalue weighted by Gasteiger charge is -2.12. The number of ketones is 1. The summed E-state index contributed by atoms with van der Waals surface area (Å²) in [6.45, 7) is 1.38. The summed E-state index contributed by atoms with van der Waals surface area (Å²) < 4.78 is 18.7. The first kappa shape index (κ1) is 21.2. The molecule has 0 aliphatic carbocycles. The van der Waals surface area contributed by atoms with Crippen molar-refractivity contribution in [2.45, 2.75) is 20.0 Å². The molecule has 3 aromatic carbocycles. The third kappa shape index (κ3) is 4.49. The van der Waals surface area contributed by atoms with Gasteiger partial charge in [-0.05, 0) is 54.3 Å². The number of aromatic hydroxyl groups is 1. The minimum absolute atomic E-state index is 0.00273. The minimum atomic E-state index is -0.623. The van der Waals surface area contributed by atoms with Gasteiger partial charge in [-0.15, -0.1) is 0 Å². The molecule has 5 nitrogen and oxygen atoms in total. The number of benzene rings is 3. The Kier molecular flexibility index (Phi) is 5.94. The second-order valence-electron chi connectivity index (χ2n) is 7.48. The van der Waals surface area contributed by atoms with Crippen molar-refractivity contribution >= 4 is 22.7 Å². The predicted molar refractivity (Wildman–Crippen MR) is 118 cm³/mol. The largest absolute Gasteiger partial charge is 0.505 e. The molecular weight excluding hydrogens is 409 g/mol.